The number of nitrogens with one attached hydrogen (secondary N) is 1. The van der Waals surface area contributed by atoms with Crippen molar-refractivity contribution < 1.29 is 24.2 Å². The van der Waals surface area contributed by atoms with Crippen LogP contribution in [0.15, 0.2) is 0 Å². The normalized spacial score (nSPS) is 25.5. The van der Waals surface area contributed by atoms with Crippen LogP contribution in [0.25, 0.3) is 0 Å². The van der Waals surface area contributed by atoms with Crippen molar-refractivity contribution in [2.24, 2.45) is 5.92 Å². The molecule has 0 aromatic carbocycles. The molecule has 0 aromatic rings. The largest absolute Gasteiger partial charge is 0.480 e. The van der Waals surface area contributed by atoms with Crippen molar-refractivity contribution in [1.82, 2.24) is 5.32 Å². The summed E-state index contributed by atoms with van der Waals surface area (Å²) >= 11 is 0. The molecule has 3 atom stereocenters. The molecule has 2 N–H and O–H groups in total. The summed E-state index contributed by atoms with van der Waals surface area (Å²) in [6.45, 7) is 3.28. The van der Waals surface area contributed by atoms with E-state index in [9.17, 15) is 14.4 Å². The zero-order valence-electron chi connectivity index (χ0n) is 12.1. The Labute approximate surface area is 118 Å². The fourth-order valence-corrected chi connectivity index (χ4v) is 2.38. The van der Waals surface area contributed by atoms with Crippen molar-refractivity contribution >= 4 is 18.2 Å². The molecule has 114 valence electrons. The van der Waals surface area contributed by atoms with Gasteiger partial charge >= 0.3 is 5.97 Å². The van der Waals surface area contributed by atoms with Crippen LogP contribution >= 0.6 is 0 Å². The first kappa shape index (κ1) is 16.6. The zero-order valence-corrected chi connectivity index (χ0v) is 12.1. The van der Waals surface area contributed by atoms with E-state index in [1.165, 1.54) is 6.92 Å². The molecule has 1 rings (SSSR count). The molecule has 6 nitrogen and oxygen atoms in total. The molecule has 1 aliphatic carbocycles. The molecule has 0 aliphatic heterocycles. The van der Waals surface area contributed by atoms with Gasteiger partial charge in [0.25, 0.3) is 0 Å². The second-order valence-corrected chi connectivity index (χ2v) is 5.47. The van der Waals surface area contributed by atoms with E-state index in [0.29, 0.717) is 19.1 Å². The van der Waals surface area contributed by atoms with Gasteiger partial charge in [-0.05, 0) is 32.6 Å². The number of carboxylic acid groups (broad SMARTS) is 1. The maximum atomic E-state index is 12.2. The molecule has 1 unspecified atom stereocenters. The molecule has 0 heterocycles. The van der Waals surface area contributed by atoms with Crippen LogP contribution in [-0.4, -0.2) is 41.5 Å². The SMILES string of the molecule is CCC(C)(NC(=O)[C@@H]1CCC[C@H](OCC=O)C1)C(=O)O. The van der Waals surface area contributed by atoms with Gasteiger partial charge in [-0.25, -0.2) is 4.79 Å². The third kappa shape index (κ3) is 4.30. The monoisotopic (exact) mass is 285 g/mol. The summed E-state index contributed by atoms with van der Waals surface area (Å²) in [5.41, 5.74) is -1.23. The summed E-state index contributed by atoms with van der Waals surface area (Å²) in [5, 5.41) is 11.8. The first-order chi connectivity index (χ1) is 9.42. The molecular formula is C14H23NO5. The Morgan fingerprint density at radius 2 is 2.15 bits per heavy atom. The van der Waals surface area contributed by atoms with E-state index < -0.39 is 11.5 Å². The standard InChI is InChI=1S/C14H23NO5/c1-3-14(2,13(18)19)15-12(17)10-5-4-6-11(9-10)20-8-7-16/h7,10-11H,3-6,8-9H2,1-2H3,(H,15,17)(H,18,19)/t10-,11+,14?/m1/s1. The minimum Gasteiger partial charge on any atom is -0.480 e. The first-order valence-corrected chi connectivity index (χ1v) is 7.03. The van der Waals surface area contributed by atoms with Crippen molar-refractivity contribution in [3.63, 3.8) is 0 Å². The highest BCUT2D eigenvalue weighted by molar-refractivity contribution is 5.87. The van der Waals surface area contributed by atoms with Crippen LogP contribution in [0, 0.1) is 5.92 Å². The van der Waals surface area contributed by atoms with Crippen molar-refractivity contribution in [3.8, 4) is 0 Å². The molecule has 0 aromatic heterocycles. The molecule has 20 heavy (non-hydrogen) atoms. The molecule has 6 heteroatoms. The summed E-state index contributed by atoms with van der Waals surface area (Å²) in [6, 6.07) is 0. The number of aliphatic carboxylic acids is 1. The Morgan fingerprint density at radius 1 is 1.45 bits per heavy atom. The predicted octanol–water partition coefficient (Wildman–Crippen LogP) is 1.13. The van der Waals surface area contributed by atoms with Crippen LogP contribution < -0.4 is 5.32 Å². The number of aldehydes is 1. The summed E-state index contributed by atoms with van der Waals surface area (Å²) in [7, 11) is 0. The zero-order chi connectivity index (χ0) is 15.2. The molecule has 1 aliphatic rings. The van der Waals surface area contributed by atoms with E-state index in [2.05, 4.69) is 5.32 Å². The number of hydrogen-bond donors (Lipinski definition) is 2. The van der Waals surface area contributed by atoms with Gasteiger partial charge in [-0.15, -0.1) is 0 Å². The van der Waals surface area contributed by atoms with Gasteiger partial charge in [0, 0.05) is 5.92 Å². The fourth-order valence-electron chi connectivity index (χ4n) is 2.38. The number of hydrogen-bond acceptors (Lipinski definition) is 4. The van der Waals surface area contributed by atoms with Crippen molar-refractivity contribution in [3.05, 3.63) is 0 Å². The third-order valence-corrected chi connectivity index (χ3v) is 3.98. The van der Waals surface area contributed by atoms with Gasteiger partial charge in [0.15, 0.2) is 0 Å². The number of carbonyl (C=O) groups excluding carboxylic acids is 2. The van der Waals surface area contributed by atoms with Gasteiger partial charge in [0.05, 0.1) is 6.10 Å². The van der Waals surface area contributed by atoms with E-state index in [4.69, 9.17) is 9.84 Å². The van der Waals surface area contributed by atoms with Gasteiger partial charge in [-0.3, -0.25) is 4.79 Å². The van der Waals surface area contributed by atoms with Crippen molar-refractivity contribution in [1.29, 1.82) is 0 Å². The smallest absolute Gasteiger partial charge is 0.329 e. The molecular weight excluding hydrogens is 262 g/mol. The van der Waals surface area contributed by atoms with Crippen LogP contribution in [0.4, 0.5) is 0 Å². The maximum absolute atomic E-state index is 12.2. The lowest BCUT2D eigenvalue weighted by Crippen LogP contribution is -2.54. The predicted molar refractivity (Wildman–Crippen MR) is 72.2 cm³/mol. The Bertz CT molecular complexity index is 371. The molecule has 0 bridgehead atoms. The summed E-state index contributed by atoms with van der Waals surface area (Å²) in [6.07, 6.45) is 3.88. The van der Waals surface area contributed by atoms with Gasteiger partial charge < -0.3 is 20.0 Å². The quantitative estimate of drug-likeness (QED) is 0.684. The average Bonchev–Trinajstić information content (AvgIpc) is 2.45. The number of amides is 1. The van der Waals surface area contributed by atoms with E-state index >= 15 is 0 Å². The van der Waals surface area contributed by atoms with Gasteiger partial charge in [0.1, 0.15) is 18.4 Å². The second kappa shape index (κ2) is 7.38. The Hall–Kier alpha value is -1.43. The first-order valence-electron chi connectivity index (χ1n) is 7.03. The molecule has 0 saturated heterocycles. The summed E-state index contributed by atoms with van der Waals surface area (Å²) in [5.74, 6) is -1.51. The lowest BCUT2D eigenvalue weighted by atomic mass is 9.85. The van der Waals surface area contributed by atoms with E-state index in [-0.39, 0.29) is 24.5 Å². The summed E-state index contributed by atoms with van der Waals surface area (Å²) in [4.78, 5) is 33.7. The van der Waals surface area contributed by atoms with Crippen molar-refractivity contribution in [2.75, 3.05) is 6.61 Å². The highest BCUT2D eigenvalue weighted by Gasteiger charge is 2.36. The average molecular weight is 285 g/mol. The molecule has 0 radical (unpaired) electrons. The molecule has 0 spiro atoms. The van der Waals surface area contributed by atoms with Crippen LogP contribution in [-0.2, 0) is 19.1 Å². The van der Waals surface area contributed by atoms with Gasteiger partial charge in [0.2, 0.25) is 5.91 Å². The number of ether oxygens (including phenoxy) is 1. The minimum absolute atomic E-state index is 0.0425. The van der Waals surface area contributed by atoms with Crippen LogP contribution in [0.5, 0.6) is 0 Å². The van der Waals surface area contributed by atoms with E-state index in [1.54, 1.807) is 6.92 Å². The lowest BCUT2D eigenvalue weighted by molar-refractivity contribution is -0.148. The second-order valence-electron chi connectivity index (χ2n) is 5.47. The van der Waals surface area contributed by atoms with E-state index in [1.807, 2.05) is 0 Å². The highest BCUT2D eigenvalue weighted by Crippen LogP contribution is 2.27. The van der Waals surface area contributed by atoms with Crippen LogP contribution in [0.1, 0.15) is 46.0 Å². The topological polar surface area (TPSA) is 92.7 Å². The Morgan fingerprint density at radius 3 is 2.70 bits per heavy atom. The molecule has 1 fully saturated rings. The van der Waals surface area contributed by atoms with Crippen LogP contribution in [0.2, 0.25) is 0 Å². The van der Waals surface area contributed by atoms with Crippen molar-refractivity contribution in [2.45, 2.75) is 57.6 Å². The van der Waals surface area contributed by atoms with Gasteiger partial charge in [-0.2, -0.15) is 0 Å². The summed E-state index contributed by atoms with van der Waals surface area (Å²) < 4.78 is 5.35. The van der Waals surface area contributed by atoms with E-state index in [0.717, 1.165) is 19.3 Å². The highest BCUT2D eigenvalue weighted by atomic mass is 16.5. The maximum Gasteiger partial charge on any atom is 0.329 e. The third-order valence-electron chi connectivity index (χ3n) is 3.98. The van der Waals surface area contributed by atoms with Gasteiger partial charge in [-0.1, -0.05) is 13.3 Å². The Balaban J connectivity index is 2.58. The fraction of sp³-hybridized carbons (Fsp3) is 0.786. The Kier molecular flexibility index (Phi) is 6.13. The lowest BCUT2D eigenvalue weighted by Gasteiger charge is -2.31. The number of rotatable bonds is 7. The minimum atomic E-state index is -1.23. The molecule has 1 saturated carbocycles. The number of carbonyl (C=O) groups is 3. The molecule has 1 amide bonds. The number of carboxylic acids is 1. The van der Waals surface area contributed by atoms with Crippen LogP contribution in [0.3, 0.4) is 0 Å².